The molecule has 2 unspecified atom stereocenters. The van der Waals surface area contributed by atoms with Gasteiger partial charge in [-0.15, -0.1) is 24.0 Å². The van der Waals surface area contributed by atoms with Crippen molar-refractivity contribution in [3.05, 3.63) is 0 Å². The summed E-state index contributed by atoms with van der Waals surface area (Å²) in [5, 5.41) is 17.5. The Morgan fingerprint density at radius 2 is 1.86 bits per heavy atom. The van der Waals surface area contributed by atoms with Gasteiger partial charge < -0.3 is 20.5 Å². The van der Waals surface area contributed by atoms with Crippen LogP contribution in [0.25, 0.3) is 0 Å². The van der Waals surface area contributed by atoms with Gasteiger partial charge in [-0.1, -0.05) is 6.92 Å². The van der Waals surface area contributed by atoms with E-state index in [1.54, 1.807) is 0 Å². The molecule has 2 atom stereocenters. The quantitative estimate of drug-likeness (QED) is 0.255. The number of guanidine groups is 1. The molecule has 2 aliphatic heterocycles. The van der Waals surface area contributed by atoms with Gasteiger partial charge >= 0.3 is 0 Å². The normalized spacial score (nSPS) is 24.5. The van der Waals surface area contributed by atoms with E-state index < -0.39 is 5.60 Å². The first-order valence-electron chi connectivity index (χ1n) is 11.0. The molecule has 2 saturated heterocycles. The van der Waals surface area contributed by atoms with Gasteiger partial charge in [0, 0.05) is 44.8 Å². The van der Waals surface area contributed by atoms with Crippen LogP contribution in [0.5, 0.6) is 0 Å². The predicted molar refractivity (Wildman–Crippen MR) is 131 cm³/mol. The zero-order valence-corrected chi connectivity index (χ0v) is 21.5. The van der Waals surface area contributed by atoms with Gasteiger partial charge in [-0.3, -0.25) is 14.8 Å². The Hall–Kier alpha value is -0.160. The van der Waals surface area contributed by atoms with E-state index in [4.69, 9.17) is 9.73 Å². The number of ether oxygens (including phenoxy) is 1. The molecule has 0 aromatic carbocycles. The summed E-state index contributed by atoms with van der Waals surface area (Å²) in [6.45, 7) is 19.1. The molecule has 7 nitrogen and oxygen atoms in total. The smallest absolute Gasteiger partial charge is 0.191 e. The van der Waals surface area contributed by atoms with E-state index in [0.717, 1.165) is 64.4 Å². The fourth-order valence-electron chi connectivity index (χ4n) is 4.02. The molecule has 2 rings (SSSR count). The summed E-state index contributed by atoms with van der Waals surface area (Å²) < 4.78 is 5.39. The zero-order valence-electron chi connectivity index (χ0n) is 19.2. The summed E-state index contributed by atoms with van der Waals surface area (Å²) in [7, 11) is 0. The molecule has 0 aliphatic carbocycles. The lowest BCUT2D eigenvalue weighted by atomic mass is 9.94. The van der Waals surface area contributed by atoms with Crippen molar-refractivity contribution in [2.75, 3.05) is 65.6 Å². The molecule has 8 heteroatoms. The SMILES string of the molecule is CCNC(=NCC(C)(C)N1CCCC(C)C1)NCC(C)(O)CN1CCOCC1.I. The molecule has 0 bridgehead atoms. The molecule has 2 fully saturated rings. The van der Waals surface area contributed by atoms with Crippen molar-refractivity contribution in [1.29, 1.82) is 0 Å². The van der Waals surface area contributed by atoms with Crippen LogP contribution < -0.4 is 10.6 Å². The highest BCUT2D eigenvalue weighted by atomic mass is 127. The highest BCUT2D eigenvalue weighted by Gasteiger charge is 2.30. The van der Waals surface area contributed by atoms with Crippen molar-refractivity contribution in [3.63, 3.8) is 0 Å². The van der Waals surface area contributed by atoms with Crippen molar-refractivity contribution in [1.82, 2.24) is 20.4 Å². The molecule has 0 aromatic rings. The van der Waals surface area contributed by atoms with E-state index in [2.05, 4.69) is 48.1 Å². The Balaban J connectivity index is 0.00000420. The van der Waals surface area contributed by atoms with Gasteiger partial charge in [-0.05, 0) is 53.0 Å². The molecule has 0 spiro atoms. The van der Waals surface area contributed by atoms with Crippen molar-refractivity contribution in [2.45, 2.75) is 58.6 Å². The van der Waals surface area contributed by atoms with Gasteiger partial charge in [0.25, 0.3) is 0 Å². The Labute approximate surface area is 195 Å². The number of morpholine rings is 1. The average Bonchev–Trinajstić information content (AvgIpc) is 2.64. The number of rotatable bonds is 8. The Morgan fingerprint density at radius 1 is 1.17 bits per heavy atom. The number of halogens is 1. The number of nitrogens with one attached hydrogen (secondary N) is 2. The van der Waals surface area contributed by atoms with Crippen LogP contribution in [0, 0.1) is 5.92 Å². The molecule has 0 aromatic heterocycles. The summed E-state index contributed by atoms with van der Waals surface area (Å²) >= 11 is 0. The molecular formula is C21H44IN5O2. The maximum absolute atomic E-state index is 10.8. The maximum atomic E-state index is 10.8. The predicted octanol–water partition coefficient (Wildman–Crippen LogP) is 1.75. The average molecular weight is 526 g/mol. The standard InChI is InChI=1S/C21H43N5O2.HI/c1-6-22-19(23-15-20(3,4)26-9-7-8-18(2)14-26)24-16-21(5,27)17-25-10-12-28-13-11-25;/h18,27H,6-17H2,1-5H3,(H2,22,23,24);1H. The van der Waals surface area contributed by atoms with Crippen LogP contribution in [0.3, 0.4) is 0 Å². The number of likely N-dealkylation sites (tertiary alicyclic amines) is 1. The summed E-state index contributed by atoms with van der Waals surface area (Å²) in [6.07, 6.45) is 2.61. The fraction of sp³-hybridized carbons (Fsp3) is 0.952. The molecular weight excluding hydrogens is 481 g/mol. The van der Waals surface area contributed by atoms with Gasteiger partial charge in [0.15, 0.2) is 5.96 Å². The van der Waals surface area contributed by atoms with E-state index in [-0.39, 0.29) is 29.5 Å². The lowest BCUT2D eigenvalue weighted by Gasteiger charge is -2.42. The largest absolute Gasteiger partial charge is 0.387 e. The lowest BCUT2D eigenvalue weighted by Crippen LogP contribution is -2.54. The van der Waals surface area contributed by atoms with Crippen LogP contribution in [0.4, 0.5) is 0 Å². The Bertz CT molecular complexity index is 495. The molecule has 29 heavy (non-hydrogen) atoms. The first-order chi connectivity index (χ1) is 13.2. The first kappa shape index (κ1) is 26.9. The minimum Gasteiger partial charge on any atom is -0.387 e. The number of hydrogen-bond acceptors (Lipinski definition) is 5. The second-order valence-electron chi connectivity index (χ2n) is 9.44. The topological polar surface area (TPSA) is 72.4 Å². The fourth-order valence-corrected chi connectivity index (χ4v) is 4.02. The van der Waals surface area contributed by atoms with E-state index >= 15 is 0 Å². The number of nitrogens with zero attached hydrogens (tertiary/aromatic N) is 3. The van der Waals surface area contributed by atoms with E-state index in [1.165, 1.54) is 12.8 Å². The Morgan fingerprint density at radius 3 is 2.48 bits per heavy atom. The van der Waals surface area contributed by atoms with E-state index in [0.29, 0.717) is 13.1 Å². The summed E-state index contributed by atoms with van der Waals surface area (Å²) in [5.41, 5.74) is -0.779. The van der Waals surface area contributed by atoms with Crippen molar-refractivity contribution in [3.8, 4) is 0 Å². The number of β-amino-alcohol motifs (C(OH)–C–C–N with tert-alkyl or cyclic N) is 1. The highest BCUT2D eigenvalue weighted by molar-refractivity contribution is 14.0. The number of piperidine rings is 1. The number of aliphatic imine (C=N–C) groups is 1. The highest BCUT2D eigenvalue weighted by Crippen LogP contribution is 2.24. The minimum absolute atomic E-state index is 0. The molecule has 2 aliphatic rings. The van der Waals surface area contributed by atoms with Crippen molar-refractivity contribution < 1.29 is 9.84 Å². The van der Waals surface area contributed by atoms with Gasteiger partial charge in [-0.2, -0.15) is 0 Å². The second-order valence-corrected chi connectivity index (χ2v) is 9.44. The second kappa shape index (κ2) is 12.6. The minimum atomic E-state index is -0.814. The summed E-state index contributed by atoms with van der Waals surface area (Å²) in [4.78, 5) is 9.68. The van der Waals surface area contributed by atoms with Gasteiger partial charge in [0.2, 0.25) is 0 Å². The Kier molecular flexibility index (Phi) is 11.7. The molecule has 0 saturated carbocycles. The van der Waals surface area contributed by atoms with Gasteiger partial charge in [0.05, 0.1) is 25.4 Å². The van der Waals surface area contributed by atoms with Crippen LogP contribution in [0.2, 0.25) is 0 Å². The molecule has 0 amide bonds. The third-order valence-electron chi connectivity index (χ3n) is 5.79. The third-order valence-corrected chi connectivity index (χ3v) is 5.79. The van der Waals surface area contributed by atoms with Crippen molar-refractivity contribution >= 4 is 29.9 Å². The summed E-state index contributed by atoms with van der Waals surface area (Å²) in [5.74, 6) is 1.54. The van der Waals surface area contributed by atoms with Crippen LogP contribution in [0.15, 0.2) is 4.99 Å². The van der Waals surface area contributed by atoms with Crippen LogP contribution in [0.1, 0.15) is 47.5 Å². The van der Waals surface area contributed by atoms with Gasteiger partial charge in [0.1, 0.15) is 0 Å². The first-order valence-corrected chi connectivity index (χ1v) is 11.0. The number of hydrogen-bond donors (Lipinski definition) is 3. The third kappa shape index (κ3) is 9.67. The lowest BCUT2D eigenvalue weighted by molar-refractivity contribution is -0.0201. The van der Waals surface area contributed by atoms with E-state index in [9.17, 15) is 5.11 Å². The zero-order chi connectivity index (χ0) is 20.6. The molecule has 2 heterocycles. The molecule has 0 radical (unpaired) electrons. The van der Waals surface area contributed by atoms with Crippen molar-refractivity contribution in [2.24, 2.45) is 10.9 Å². The number of aliphatic hydroxyl groups is 1. The van der Waals surface area contributed by atoms with Crippen LogP contribution in [-0.2, 0) is 4.74 Å². The monoisotopic (exact) mass is 525 g/mol. The van der Waals surface area contributed by atoms with Gasteiger partial charge in [-0.25, -0.2) is 0 Å². The maximum Gasteiger partial charge on any atom is 0.191 e. The molecule has 3 N–H and O–H groups in total. The van der Waals surface area contributed by atoms with E-state index in [1.807, 2.05) is 6.92 Å². The van der Waals surface area contributed by atoms with Crippen LogP contribution >= 0.6 is 24.0 Å². The van der Waals surface area contributed by atoms with Crippen LogP contribution in [-0.4, -0.2) is 97.6 Å². The summed E-state index contributed by atoms with van der Waals surface area (Å²) in [6, 6.07) is 0. The molecule has 172 valence electrons.